The molecule has 0 aliphatic carbocycles. The van der Waals surface area contributed by atoms with Gasteiger partial charge in [-0.05, 0) is 0 Å². The number of benzene rings is 1. The van der Waals surface area contributed by atoms with E-state index in [0.29, 0.717) is 25.3 Å². The number of carbonyl (C=O) groups excluding carboxylic acids is 1. The van der Waals surface area contributed by atoms with E-state index >= 15 is 0 Å². The Bertz CT molecular complexity index is 505. The van der Waals surface area contributed by atoms with Crippen LogP contribution in [0.1, 0.15) is 10.4 Å². The summed E-state index contributed by atoms with van der Waals surface area (Å²) in [5.41, 5.74) is 1.58. The maximum absolute atomic E-state index is 11.9. The molecule has 17 heavy (non-hydrogen) atoms. The summed E-state index contributed by atoms with van der Waals surface area (Å²) in [5, 5.41) is 3.96. The monoisotopic (exact) mass is 231 g/mol. The predicted molar refractivity (Wildman–Crippen MR) is 66.2 cm³/mol. The first kappa shape index (κ1) is 11.8. The lowest BCUT2D eigenvalue weighted by molar-refractivity contribution is 0.0989. The summed E-state index contributed by atoms with van der Waals surface area (Å²) in [5.74, 6) is 0.0759. The van der Waals surface area contributed by atoms with Crippen LogP contribution in [0.25, 0.3) is 10.9 Å². The first-order chi connectivity index (χ1) is 8.33. The molecular weight excluding hydrogens is 216 g/mol. The smallest absolute Gasteiger partial charge is 0.178 e. The SMILES string of the molecule is COCCNCC(=O)c1c[nH]c2[c]cccc12. The van der Waals surface area contributed by atoms with Gasteiger partial charge in [-0.1, -0.05) is 18.2 Å². The van der Waals surface area contributed by atoms with E-state index in [9.17, 15) is 4.79 Å². The molecule has 0 saturated heterocycles. The zero-order chi connectivity index (χ0) is 12.1. The molecule has 1 aromatic carbocycles. The molecule has 0 amide bonds. The first-order valence-corrected chi connectivity index (χ1v) is 5.53. The fraction of sp³-hybridized carbons (Fsp3) is 0.308. The number of fused-ring (bicyclic) bond motifs is 1. The first-order valence-electron chi connectivity index (χ1n) is 5.53. The van der Waals surface area contributed by atoms with E-state index in [1.165, 1.54) is 0 Å². The summed E-state index contributed by atoms with van der Waals surface area (Å²) in [6.45, 7) is 1.61. The minimum Gasteiger partial charge on any atom is -0.383 e. The molecule has 2 aromatic rings. The maximum Gasteiger partial charge on any atom is 0.178 e. The van der Waals surface area contributed by atoms with Crippen LogP contribution in [0.2, 0.25) is 0 Å². The number of ether oxygens (including phenoxy) is 1. The number of carbonyl (C=O) groups is 1. The van der Waals surface area contributed by atoms with Crippen LogP contribution in [0, 0.1) is 6.07 Å². The third-order valence-corrected chi connectivity index (χ3v) is 2.58. The largest absolute Gasteiger partial charge is 0.383 e. The third-order valence-electron chi connectivity index (χ3n) is 2.58. The number of para-hydroxylation sites is 1. The molecule has 0 spiro atoms. The molecule has 1 heterocycles. The van der Waals surface area contributed by atoms with Crippen molar-refractivity contribution in [2.24, 2.45) is 0 Å². The minimum absolute atomic E-state index is 0.0759. The lowest BCUT2D eigenvalue weighted by atomic mass is 10.1. The molecule has 1 radical (unpaired) electrons. The van der Waals surface area contributed by atoms with Gasteiger partial charge in [-0.3, -0.25) is 4.79 Å². The van der Waals surface area contributed by atoms with E-state index in [4.69, 9.17) is 4.74 Å². The highest BCUT2D eigenvalue weighted by molar-refractivity contribution is 6.08. The van der Waals surface area contributed by atoms with Gasteiger partial charge in [0.15, 0.2) is 5.78 Å². The molecule has 4 heteroatoms. The fourth-order valence-corrected chi connectivity index (χ4v) is 1.70. The predicted octanol–water partition coefficient (Wildman–Crippen LogP) is 1.39. The molecule has 1 aromatic heterocycles. The highest BCUT2D eigenvalue weighted by Gasteiger charge is 2.10. The van der Waals surface area contributed by atoms with Gasteiger partial charge < -0.3 is 15.0 Å². The lowest BCUT2D eigenvalue weighted by Crippen LogP contribution is -2.26. The van der Waals surface area contributed by atoms with Crippen LogP contribution in [0.3, 0.4) is 0 Å². The number of rotatable bonds is 6. The van der Waals surface area contributed by atoms with Gasteiger partial charge in [0.05, 0.1) is 18.7 Å². The second-order valence-electron chi connectivity index (χ2n) is 3.75. The molecule has 0 aliphatic heterocycles. The number of H-pyrrole nitrogens is 1. The molecule has 2 rings (SSSR count). The van der Waals surface area contributed by atoms with Gasteiger partial charge in [-0.15, -0.1) is 0 Å². The summed E-state index contributed by atoms with van der Waals surface area (Å²) in [7, 11) is 1.64. The number of nitrogens with one attached hydrogen (secondary N) is 2. The Morgan fingerprint density at radius 3 is 3.29 bits per heavy atom. The zero-order valence-corrected chi connectivity index (χ0v) is 9.75. The average molecular weight is 231 g/mol. The van der Waals surface area contributed by atoms with E-state index < -0.39 is 0 Å². The fourth-order valence-electron chi connectivity index (χ4n) is 1.70. The van der Waals surface area contributed by atoms with Crippen LogP contribution in [0.5, 0.6) is 0 Å². The average Bonchev–Trinajstić information content (AvgIpc) is 2.78. The Hall–Kier alpha value is -1.65. The van der Waals surface area contributed by atoms with Crippen molar-refractivity contribution in [1.29, 1.82) is 0 Å². The summed E-state index contributed by atoms with van der Waals surface area (Å²) >= 11 is 0. The van der Waals surface area contributed by atoms with Gasteiger partial charge in [-0.25, -0.2) is 0 Å². The van der Waals surface area contributed by atoms with Gasteiger partial charge in [0.2, 0.25) is 0 Å². The molecule has 0 bridgehead atoms. The number of hydrogen-bond acceptors (Lipinski definition) is 3. The number of methoxy groups -OCH3 is 1. The molecule has 0 aliphatic rings. The second kappa shape index (κ2) is 5.61. The van der Waals surface area contributed by atoms with Crippen LogP contribution in [-0.2, 0) is 4.74 Å². The van der Waals surface area contributed by atoms with Gasteiger partial charge in [-0.2, -0.15) is 0 Å². The van der Waals surface area contributed by atoms with Gasteiger partial charge >= 0.3 is 0 Å². The molecule has 0 unspecified atom stereocenters. The summed E-state index contributed by atoms with van der Waals surface area (Å²) in [6.07, 6.45) is 1.74. The van der Waals surface area contributed by atoms with Crippen LogP contribution in [0.15, 0.2) is 24.4 Å². The second-order valence-corrected chi connectivity index (χ2v) is 3.75. The van der Waals surface area contributed by atoms with E-state index in [1.807, 2.05) is 18.2 Å². The highest BCUT2D eigenvalue weighted by atomic mass is 16.5. The molecule has 89 valence electrons. The third kappa shape index (κ3) is 2.72. The number of aromatic amines is 1. The molecule has 0 atom stereocenters. The summed E-state index contributed by atoms with van der Waals surface area (Å²) < 4.78 is 4.90. The van der Waals surface area contributed by atoms with Crippen molar-refractivity contribution in [3.05, 3.63) is 36.0 Å². The molecule has 0 fully saturated rings. The van der Waals surface area contributed by atoms with Crippen molar-refractivity contribution in [3.63, 3.8) is 0 Å². The quantitative estimate of drug-likeness (QED) is 0.583. The van der Waals surface area contributed by atoms with E-state index in [-0.39, 0.29) is 5.78 Å². The van der Waals surface area contributed by atoms with Crippen molar-refractivity contribution in [1.82, 2.24) is 10.3 Å². The lowest BCUT2D eigenvalue weighted by Gasteiger charge is -2.02. The van der Waals surface area contributed by atoms with E-state index in [1.54, 1.807) is 13.3 Å². The summed E-state index contributed by atoms with van der Waals surface area (Å²) in [4.78, 5) is 15.0. The van der Waals surface area contributed by atoms with Crippen LogP contribution < -0.4 is 5.32 Å². The minimum atomic E-state index is 0.0759. The number of Topliss-reactive ketones (excluding diaryl/α,β-unsaturated/α-hetero) is 1. The maximum atomic E-state index is 11.9. The van der Waals surface area contributed by atoms with E-state index in [2.05, 4.69) is 16.4 Å². The molecular formula is C13H15N2O2. The Kier molecular flexibility index (Phi) is 3.90. The van der Waals surface area contributed by atoms with Crippen molar-refractivity contribution in [3.8, 4) is 0 Å². The van der Waals surface area contributed by atoms with Gasteiger partial charge in [0.1, 0.15) is 0 Å². The Morgan fingerprint density at radius 2 is 2.47 bits per heavy atom. The molecule has 2 N–H and O–H groups in total. The van der Waals surface area contributed by atoms with Crippen LogP contribution >= 0.6 is 0 Å². The van der Waals surface area contributed by atoms with Gasteiger partial charge in [0, 0.05) is 36.9 Å². The molecule has 4 nitrogen and oxygen atoms in total. The standard InChI is InChI=1S/C13H15N2O2/c1-17-7-6-14-9-13(16)11-8-15-12-5-3-2-4-10(11)12/h2-4,8,14-15H,6-7,9H2,1H3. The zero-order valence-electron chi connectivity index (χ0n) is 9.75. The van der Waals surface area contributed by atoms with Crippen molar-refractivity contribution in [2.45, 2.75) is 0 Å². The highest BCUT2D eigenvalue weighted by Crippen LogP contribution is 2.17. The van der Waals surface area contributed by atoms with Crippen molar-refractivity contribution < 1.29 is 9.53 Å². The molecule has 0 saturated carbocycles. The number of aromatic nitrogens is 1. The van der Waals surface area contributed by atoms with E-state index in [0.717, 1.165) is 10.9 Å². The van der Waals surface area contributed by atoms with Crippen LogP contribution in [-0.4, -0.2) is 37.6 Å². The Balaban J connectivity index is 2.04. The van der Waals surface area contributed by atoms with Crippen molar-refractivity contribution >= 4 is 16.7 Å². The van der Waals surface area contributed by atoms with Crippen LogP contribution in [0.4, 0.5) is 0 Å². The summed E-state index contributed by atoms with van der Waals surface area (Å²) in [6, 6.07) is 8.68. The topological polar surface area (TPSA) is 54.1 Å². The Morgan fingerprint density at radius 1 is 1.59 bits per heavy atom. The Labute approximate surface area is 100.0 Å². The number of ketones is 1. The van der Waals surface area contributed by atoms with Crippen molar-refractivity contribution in [2.75, 3.05) is 26.8 Å². The normalized spacial score (nSPS) is 10.9. The number of hydrogen-bond donors (Lipinski definition) is 2. The van der Waals surface area contributed by atoms with Gasteiger partial charge in [0.25, 0.3) is 0 Å².